The van der Waals surface area contributed by atoms with E-state index in [9.17, 15) is 0 Å². The lowest BCUT2D eigenvalue weighted by molar-refractivity contribution is 0.459. The van der Waals surface area contributed by atoms with Crippen molar-refractivity contribution in [1.82, 2.24) is 0 Å². The van der Waals surface area contributed by atoms with Crippen LogP contribution in [0.1, 0.15) is 38.2 Å². The van der Waals surface area contributed by atoms with Crippen molar-refractivity contribution in [2.45, 2.75) is 38.5 Å². The SMILES string of the molecule is CCC1CCCN(c2cccc(Cl)c2CCl)CC1. The van der Waals surface area contributed by atoms with Crippen LogP contribution in [0.15, 0.2) is 18.2 Å². The second-order valence-corrected chi connectivity index (χ2v) is 5.74. The van der Waals surface area contributed by atoms with Crippen LogP contribution in [-0.4, -0.2) is 13.1 Å². The van der Waals surface area contributed by atoms with Gasteiger partial charge in [-0.3, -0.25) is 0 Å². The molecule has 1 atom stereocenters. The molecule has 1 fully saturated rings. The van der Waals surface area contributed by atoms with Gasteiger partial charge in [-0.05, 0) is 37.3 Å². The molecular weight excluding hydrogens is 265 g/mol. The molecule has 0 aliphatic carbocycles. The van der Waals surface area contributed by atoms with Crippen LogP contribution < -0.4 is 4.90 Å². The summed E-state index contributed by atoms with van der Waals surface area (Å²) >= 11 is 12.3. The van der Waals surface area contributed by atoms with Crippen molar-refractivity contribution in [2.75, 3.05) is 18.0 Å². The Morgan fingerprint density at radius 3 is 2.83 bits per heavy atom. The molecule has 0 radical (unpaired) electrons. The highest BCUT2D eigenvalue weighted by Gasteiger charge is 2.18. The summed E-state index contributed by atoms with van der Waals surface area (Å²) < 4.78 is 0. The molecule has 1 aliphatic heterocycles. The van der Waals surface area contributed by atoms with Crippen LogP contribution in [0.2, 0.25) is 5.02 Å². The maximum absolute atomic E-state index is 6.23. The zero-order valence-electron chi connectivity index (χ0n) is 11.0. The van der Waals surface area contributed by atoms with Gasteiger partial charge in [0.25, 0.3) is 0 Å². The highest BCUT2D eigenvalue weighted by molar-refractivity contribution is 6.32. The Morgan fingerprint density at radius 2 is 2.11 bits per heavy atom. The summed E-state index contributed by atoms with van der Waals surface area (Å²) in [6.45, 7) is 4.55. The largest absolute Gasteiger partial charge is 0.371 e. The van der Waals surface area contributed by atoms with Crippen LogP contribution >= 0.6 is 23.2 Å². The van der Waals surface area contributed by atoms with Crippen LogP contribution in [0.25, 0.3) is 0 Å². The van der Waals surface area contributed by atoms with Crippen molar-refractivity contribution in [3.63, 3.8) is 0 Å². The number of rotatable bonds is 3. The molecule has 1 nitrogen and oxygen atoms in total. The number of hydrogen-bond acceptors (Lipinski definition) is 1. The van der Waals surface area contributed by atoms with Gasteiger partial charge in [0, 0.05) is 29.4 Å². The molecule has 18 heavy (non-hydrogen) atoms. The van der Waals surface area contributed by atoms with Gasteiger partial charge in [0.05, 0.1) is 5.88 Å². The van der Waals surface area contributed by atoms with Crippen LogP contribution in [0.4, 0.5) is 5.69 Å². The fourth-order valence-electron chi connectivity index (χ4n) is 2.79. The Kier molecular flexibility index (Phi) is 5.20. The minimum Gasteiger partial charge on any atom is -0.371 e. The van der Waals surface area contributed by atoms with E-state index in [-0.39, 0.29) is 0 Å². The molecule has 1 saturated heterocycles. The van der Waals surface area contributed by atoms with E-state index < -0.39 is 0 Å². The molecule has 1 heterocycles. The average molecular weight is 286 g/mol. The van der Waals surface area contributed by atoms with Gasteiger partial charge in [0.2, 0.25) is 0 Å². The molecule has 1 aromatic rings. The Bertz CT molecular complexity index is 392. The number of nitrogens with zero attached hydrogens (tertiary/aromatic N) is 1. The molecule has 100 valence electrons. The summed E-state index contributed by atoms with van der Waals surface area (Å²) in [7, 11) is 0. The van der Waals surface area contributed by atoms with Crippen molar-refractivity contribution in [3.8, 4) is 0 Å². The monoisotopic (exact) mass is 285 g/mol. The summed E-state index contributed by atoms with van der Waals surface area (Å²) in [6, 6.07) is 6.10. The summed E-state index contributed by atoms with van der Waals surface area (Å²) in [4.78, 5) is 2.46. The van der Waals surface area contributed by atoms with E-state index in [1.54, 1.807) is 0 Å². The number of benzene rings is 1. The lowest BCUT2D eigenvalue weighted by Gasteiger charge is -2.25. The Hall–Kier alpha value is -0.400. The van der Waals surface area contributed by atoms with Gasteiger partial charge in [0.15, 0.2) is 0 Å². The van der Waals surface area contributed by atoms with E-state index in [0.29, 0.717) is 5.88 Å². The van der Waals surface area contributed by atoms with Gasteiger partial charge >= 0.3 is 0 Å². The normalized spacial score (nSPS) is 20.8. The fourth-order valence-corrected chi connectivity index (χ4v) is 3.38. The van der Waals surface area contributed by atoms with E-state index >= 15 is 0 Å². The zero-order chi connectivity index (χ0) is 13.0. The van der Waals surface area contributed by atoms with E-state index in [1.807, 2.05) is 12.1 Å². The molecule has 3 heteroatoms. The van der Waals surface area contributed by atoms with Crippen molar-refractivity contribution < 1.29 is 0 Å². The van der Waals surface area contributed by atoms with Crippen molar-refractivity contribution in [2.24, 2.45) is 5.92 Å². The number of alkyl halides is 1. The van der Waals surface area contributed by atoms with Gasteiger partial charge in [-0.2, -0.15) is 0 Å². The second kappa shape index (κ2) is 6.68. The Morgan fingerprint density at radius 1 is 1.28 bits per heavy atom. The molecular formula is C15H21Cl2N. The first-order chi connectivity index (χ1) is 8.76. The van der Waals surface area contributed by atoms with Crippen LogP contribution in [-0.2, 0) is 5.88 Å². The summed E-state index contributed by atoms with van der Waals surface area (Å²) in [5.41, 5.74) is 2.31. The molecule has 1 aliphatic rings. The minimum atomic E-state index is 0.489. The van der Waals surface area contributed by atoms with E-state index in [1.165, 1.54) is 31.4 Å². The van der Waals surface area contributed by atoms with E-state index in [0.717, 1.165) is 29.6 Å². The molecule has 0 spiro atoms. The predicted octanol–water partition coefficient (Wildman–Crippen LogP) is 5.10. The maximum Gasteiger partial charge on any atom is 0.0509 e. The fraction of sp³-hybridized carbons (Fsp3) is 0.600. The number of hydrogen-bond donors (Lipinski definition) is 0. The van der Waals surface area contributed by atoms with Gasteiger partial charge in [-0.15, -0.1) is 11.6 Å². The smallest absolute Gasteiger partial charge is 0.0509 e. The number of anilines is 1. The molecule has 0 N–H and O–H groups in total. The van der Waals surface area contributed by atoms with Gasteiger partial charge in [-0.1, -0.05) is 31.0 Å². The Labute approximate surface area is 120 Å². The van der Waals surface area contributed by atoms with E-state index in [2.05, 4.69) is 17.9 Å². The second-order valence-electron chi connectivity index (χ2n) is 5.06. The lowest BCUT2D eigenvalue weighted by atomic mass is 9.98. The van der Waals surface area contributed by atoms with Gasteiger partial charge < -0.3 is 4.90 Å². The van der Waals surface area contributed by atoms with Gasteiger partial charge in [-0.25, -0.2) is 0 Å². The minimum absolute atomic E-state index is 0.489. The predicted molar refractivity (Wildman–Crippen MR) is 80.9 cm³/mol. The lowest BCUT2D eigenvalue weighted by Crippen LogP contribution is -2.25. The molecule has 2 rings (SSSR count). The third-order valence-electron chi connectivity index (χ3n) is 3.99. The summed E-state index contributed by atoms with van der Waals surface area (Å²) in [5.74, 6) is 1.37. The first-order valence-corrected chi connectivity index (χ1v) is 7.75. The van der Waals surface area contributed by atoms with Crippen LogP contribution in [0, 0.1) is 5.92 Å². The highest BCUT2D eigenvalue weighted by Crippen LogP contribution is 2.31. The average Bonchev–Trinajstić information content (AvgIpc) is 2.63. The summed E-state index contributed by atoms with van der Waals surface area (Å²) in [5, 5.41) is 0.791. The van der Waals surface area contributed by atoms with Crippen LogP contribution in [0.3, 0.4) is 0 Å². The molecule has 0 amide bonds. The quantitative estimate of drug-likeness (QED) is 0.699. The molecule has 0 saturated carbocycles. The van der Waals surface area contributed by atoms with E-state index in [4.69, 9.17) is 23.2 Å². The first-order valence-electron chi connectivity index (χ1n) is 6.84. The maximum atomic E-state index is 6.23. The number of halogens is 2. The Balaban J connectivity index is 2.18. The molecule has 0 bridgehead atoms. The molecule has 1 aromatic carbocycles. The molecule has 1 unspecified atom stereocenters. The zero-order valence-corrected chi connectivity index (χ0v) is 12.5. The van der Waals surface area contributed by atoms with Gasteiger partial charge in [0.1, 0.15) is 0 Å². The van der Waals surface area contributed by atoms with Crippen molar-refractivity contribution in [3.05, 3.63) is 28.8 Å². The third kappa shape index (κ3) is 3.13. The molecule has 0 aromatic heterocycles. The summed E-state index contributed by atoms with van der Waals surface area (Å²) in [6.07, 6.45) is 5.20. The highest BCUT2D eigenvalue weighted by atomic mass is 35.5. The van der Waals surface area contributed by atoms with Crippen LogP contribution in [0.5, 0.6) is 0 Å². The van der Waals surface area contributed by atoms with Crippen molar-refractivity contribution >= 4 is 28.9 Å². The van der Waals surface area contributed by atoms with Crippen molar-refractivity contribution in [1.29, 1.82) is 0 Å². The first kappa shape index (κ1) is 14.0. The standard InChI is InChI=1S/C15H21Cl2N/c1-2-12-5-4-9-18(10-8-12)15-7-3-6-14(17)13(15)11-16/h3,6-7,12H,2,4-5,8-11H2,1H3. The third-order valence-corrected chi connectivity index (χ3v) is 4.61. The topological polar surface area (TPSA) is 3.24 Å².